The molecule has 0 N–H and O–H groups in total. The van der Waals surface area contributed by atoms with Crippen molar-refractivity contribution in [2.45, 2.75) is 18.4 Å². The van der Waals surface area contributed by atoms with Gasteiger partial charge in [-0.05, 0) is 19.1 Å². The summed E-state index contributed by atoms with van der Waals surface area (Å²) in [6.07, 6.45) is 1.26. The number of rotatable bonds is 6. The summed E-state index contributed by atoms with van der Waals surface area (Å²) in [6, 6.07) is 9.46. The third-order valence-electron chi connectivity index (χ3n) is 4.22. The van der Waals surface area contributed by atoms with Crippen LogP contribution in [-0.4, -0.2) is 44.0 Å². The second kappa shape index (κ2) is 7.61. The predicted molar refractivity (Wildman–Crippen MR) is 103 cm³/mol. The monoisotopic (exact) mass is 404 g/mol. The molecule has 0 radical (unpaired) electrons. The third kappa shape index (κ3) is 3.58. The van der Waals surface area contributed by atoms with Crippen LogP contribution in [0.2, 0.25) is 0 Å². The van der Waals surface area contributed by atoms with Crippen molar-refractivity contribution in [3.05, 3.63) is 64.3 Å². The Labute approximate surface area is 162 Å². The molecular weight excluding hydrogens is 384 g/mol. The SMILES string of the molecule is CCOC(=O)c1oc2ccccc2c1Cn1cc(S(=O)(=O)N(C)C)ccc1=O. The number of hydrogen-bond acceptors (Lipinski definition) is 6. The highest BCUT2D eigenvalue weighted by Gasteiger charge is 2.23. The summed E-state index contributed by atoms with van der Waals surface area (Å²) in [6.45, 7) is 1.81. The van der Waals surface area contributed by atoms with Crippen LogP contribution in [0, 0.1) is 0 Å². The van der Waals surface area contributed by atoms with Crippen molar-refractivity contribution in [1.82, 2.24) is 8.87 Å². The maximum Gasteiger partial charge on any atom is 0.374 e. The van der Waals surface area contributed by atoms with Crippen LogP contribution in [0.15, 0.2) is 56.7 Å². The lowest BCUT2D eigenvalue weighted by Gasteiger charge is -2.13. The van der Waals surface area contributed by atoms with Gasteiger partial charge >= 0.3 is 5.97 Å². The Morgan fingerprint density at radius 3 is 2.57 bits per heavy atom. The van der Waals surface area contributed by atoms with Crippen molar-refractivity contribution in [1.29, 1.82) is 0 Å². The Hall–Kier alpha value is -2.91. The first kappa shape index (κ1) is 19.8. The van der Waals surface area contributed by atoms with E-state index in [-0.39, 0.29) is 23.8 Å². The summed E-state index contributed by atoms with van der Waals surface area (Å²) in [5.74, 6) is -0.644. The number of ether oxygens (including phenoxy) is 1. The van der Waals surface area contributed by atoms with E-state index in [1.54, 1.807) is 31.2 Å². The van der Waals surface area contributed by atoms with Gasteiger partial charge in [0.05, 0.1) is 18.0 Å². The van der Waals surface area contributed by atoms with Gasteiger partial charge in [-0.2, -0.15) is 0 Å². The van der Waals surface area contributed by atoms with Crippen molar-refractivity contribution in [2.24, 2.45) is 0 Å². The third-order valence-corrected chi connectivity index (χ3v) is 6.02. The predicted octanol–water partition coefficient (Wildman–Crippen LogP) is 2.07. The van der Waals surface area contributed by atoms with Gasteiger partial charge in [0.25, 0.3) is 5.56 Å². The molecule has 0 aliphatic carbocycles. The van der Waals surface area contributed by atoms with Gasteiger partial charge in [-0.15, -0.1) is 0 Å². The molecule has 1 aromatic carbocycles. The van der Waals surface area contributed by atoms with Gasteiger partial charge in [0.2, 0.25) is 15.8 Å². The number of carbonyl (C=O) groups excluding carboxylic acids is 1. The van der Waals surface area contributed by atoms with Gasteiger partial charge in [-0.3, -0.25) is 4.79 Å². The number of benzene rings is 1. The second-order valence-corrected chi connectivity index (χ2v) is 8.40. The standard InChI is InChI=1S/C19H20N2O6S/c1-4-26-19(23)18-15(14-7-5-6-8-16(14)27-18)12-21-11-13(9-10-17(21)22)28(24,25)20(2)3/h5-11H,4,12H2,1-3H3. The zero-order valence-corrected chi connectivity index (χ0v) is 16.5. The lowest BCUT2D eigenvalue weighted by Crippen LogP contribution is -2.26. The van der Waals surface area contributed by atoms with Crippen molar-refractivity contribution >= 4 is 27.0 Å². The lowest BCUT2D eigenvalue weighted by atomic mass is 10.1. The van der Waals surface area contributed by atoms with E-state index in [9.17, 15) is 18.0 Å². The van der Waals surface area contributed by atoms with E-state index in [1.165, 1.54) is 37.0 Å². The maximum atomic E-state index is 12.4. The number of furan rings is 1. The zero-order valence-electron chi connectivity index (χ0n) is 15.7. The first-order valence-corrected chi connectivity index (χ1v) is 10.00. The molecule has 0 aliphatic heterocycles. The number of nitrogens with zero attached hydrogens (tertiary/aromatic N) is 2. The van der Waals surface area contributed by atoms with E-state index < -0.39 is 21.6 Å². The fraction of sp³-hybridized carbons (Fsp3) is 0.263. The molecule has 2 aromatic heterocycles. The highest BCUT2D eigenvalue weighted by Crippen LogP contribution is 2.27. The highest BCUT2D eigenvalue weighted by atomic mass is 32.2. The van der Waals surface area contributed by atoms with Crippen LogP contribution in [0.3, 0.4) is 0 Å². The molecule has 0 spiro atoms. The minimum absolute atomic E-state index is 0.00387. The van der Waals surface area contributed by atoms with Crippen LogP contribution in [0.4, 0.5) is 0 Å². The van der Waals surface area contributed by atoms with E-state index in [1.807, 2.05) is 0 Å². The zero-order chi connectivity index (χ0) is 20.5. The molecule has 8 nitrogen and oxygen atoms in total. The quantitative estimate of drug-likeness (QED) is 0.583. The topological polar surface area (TPSA) is 98.8 Å². The van der Waals surface area contributed by atoms with E-state index >= 15 is 0 Å². The number of sulfonamides is 1. The van der Waals surface area contributed by atoms with Crippen LogP contribution >= 0.6 is 0 Å². The van der Waals surface area contributed by atoms with Gasteiger partial charge in [-0.1, -0.05) is 18.2 Å². The summed E-state index contributed by atoms with van der Waals surface area (Å²) in [4.78, 5) is 24.6. The van der Waals surface area contributed by atoms with Crippen molar-refractivity contribution in [2.75, 3.05) is 20.7 Å². The molecule has 9 heteroatoms. The molecule has 3 aromatic rings. The first-order chi connectivity index (χ1) is 13.3. The van der Waals surface area contributed by atoms with Crippen molar-refractivity contribution in [3.8, 4) is 0 Å². The van der Waals surface area contributed by atoms with Crippen molar-refractivity contribution < 1.29 is 22.4 Å². The normalized spacial score (nSPS) is 11.9. The summed E-state index contributed by atoms with van der Waals surface area (Å²) in [7, 11) is -0.894. The molecule has 0 aliphatic rings. The Morgan fingerprint density at radius 1 is 1.18 bits per heavy atom. The van der Waals surface area contributed by atoms with Crippen LogP contribution < -0.4 is 5.56 Å². The molecule has 28 heavy (non-hydrogen) atoms. The summed E-state index contributed by atoms with van der Waals surface area (Å²) in [5, 5.41) is 0.651. The summed E-state index contributed by atoms with van der Waals surface area (Å²) in [5.41, 5.74) is 0.527. The number of carbonyl (C=O) groups is 1. The summed E-state index contributed by atoms with van der Waals surface area (Å²) >= 11 is 0. The van der Waals surface area contributed by atoms with Gasteiger partial charge in [0, 0.05) is 37.3 Å². The number of hydrogen-bond donors (Lipinski definition) is 0. The number of pyridine rings is 1. The van der Waals surface area contributed by atoms with Gasteiger partial charge < -0.3 is 13.7 Å². The minimum Gasteiger partial charge on any atom is -0.460 e. The smallest absolute Gasteiger partial charge is 0.374 e. The average molecular weight is 404 g/mol. The molecule has 0 fully saturated rings. The highest BCUT2D eigenvalue weighted by molar-refractivity contribution is 7.89. The second-order valence-electron chi connectivity index (χ2n) is 6.24. The van der Waals surface area contributed by atoms with Gasteiger partial charge in [0.15, 0.2) is 0 Å². The molecule has 0 saturated carbocycles. The Balaban J connectivity index is 2.14. The largest absolute Gasteiger partial charge is 0.460 e. The molecule has 0 amide bonds. The molecule has 0 atom stereocenters. The molecule has 2 heterocycles. The Morgan fingerprint density at radius 2 is 1.89 bits per heavy atom. The molecule has 0 bridgehead atoms. The molecular formula is C19H20N2O6S. The fourth-order valence-corrected chi connectivity index (χ4v) is 3.71. The van der Waals surface area contributed by atoms with E-state index in [0.717, 1.165) is 4.31 Å². The maximum absolute atomic E-state index is 12.4. The fourth-order valence-electron chi connectivity index (χ4n) is 2.78. The van der Waals surface area contributed by atoms with E-state index in [4.69, 9.17) is 9.15 Å². The van der Waals surface area contributed by atoms with Crippen LogP contribution in [0.1, 0.15) is 23.0 Å². The Kier molecular flexibility index (Phi) is 5.39. The Bertz CT molecular complexity index is 1190. The van der Waals surface area contributed by atoms with Gasteiger partial charge in [0.1, 0.15) is 5.58 Å². The molecule has 0 unspecified atom stereocenters. The number of aromatic nitrogens is 1. The number of para-hydroxylation sites is 1. The van der Waals surface area contributed by atoms with Gasteiger partial charge in [-0.25, -0.2) is 17.5 Å². The molecule has 148 valence electrons. The molecule has 0 saturated heterocycles. The summed E-state index contributed by atoms with van der Waals surface area (Å²) < 4.78 is 37.8. The van der Waals surface area contributed by atoms with Crippen LogP contribution in [0.25, 0.3) is 11.0 Å². The van der Waals surface area contributed by atoms with E-state index in [0.29, 0.717) is 16.5 Å². The average Bonchev–Trinajstić information content (AvgIpc) is 3.02. The van der Waals surface area contributed by atoms with Crippen LogP contribution in [0.5, 0.6) is 0 Å². The first-order valence-electron chi connectivity index (χ1n) is 8.56. The number of esters is 1. The number of fused-ring (bicyclic) bond motifs is 1. The van der Waals surface area contributed by atoms with Crippen LogP contribution in [-0.2, 0) is 21.3 Å². The molecule has 3 rings (SSSR count). The lowest BCUT2D eigenvalue weighted by molar-refractivity contribution is 0.0490. The van der Waals surface area contributed by atoms with Crippen molar-refractivity contribution in [3.63, 3.8) is 0 Å². The van der Waals surface area contributed by atoms with E-state index in [2.05, 4.69) is 0 Å². The minimum atomic E-state index is -3.71.